The van der Waals surface area contributed by atoms with Gasteiger partial charge in [-0.05, 0) is 37.7 Å². The summed E-state index contributed by atoms with van der Waals surface area (Å²) >= 11 is 0. The first-order valence-corrected chi connectivity index (χ1v) is 6.07. The lowest BCUT2D eigenvalue weighted by Gasteiger charge is -2.12. The minimum atomic E-state index is 0.395. The van der Waals surface area contributed by atoms with Gasteiger partial charge in [-0.25, -0.2) is 0 Å². The minimum absolute atomic E-state index is 0.395. The van der Waals surface area contributed by atoms with Crippen LogP contribution >= 0.6 is 0 Å². The molecule has 2 aliphatic carbocycles. The second-order valence-electron chi connectivity index (χ2n) is 4.72. The van der Waals surface area contributed by atoms with Gasteiger partial charge in [0.25, 0.3) is 0 Å². The van der Waals surface area contributed by atoms with Crippen LogP contribution in [0.2, 0.25) is 0 Å². The van der Waals surface area contributed by atoms with E-state index in [2.05, 4.69) is 6.92 Å². The van der Waals surface area contributed by atoms with E-state index in [4.69, 9.17) is 0 Å². The summed E-state index contributed by atoms with van der Waals surface area (Å²) < 4.78 is 0. The number of fused-ring (bicyclic) bond motifs is 1. The smallest absolute Gasteiger partial charge is 0.159 e. The zero-order valence-corrected chi connectivity index (χ0v) is 9.09. The van der Waals surface area contributed by atoms with Crippen LogP contribution in [-0.4, -0.2) is 5.78 Å². The molecule has 2 atom stereocenters. The molecule has 1 heteroatoms. The Balaban J connectivity index is 1.91. The Hall–Kier alpha value is -0.590. The molecular weight excluding hydrogens is 172 g/mol. The molecule has 14 heavy (non-hydrogen) atoms. The molecule has 1 saturated carbocycles. The molecule has 78 valence electrons. The van der Waals surface area contributed by atoms with Crippen molar-refractivity contribution in [1.82, 2.24) is 0 Å². The molecule has 0 radical (unpaired) electrons. The molecule has 2 aliphatic rings. The Bertz CT molecular complexity index is 252. The second kappa shape index (κ2) is 4.29. The Labute approximate surface area is 86.6 Å². The predicted octanol–water partition coefficient (Wildman–Crippen LogP) is 3.49. The summed E-state index contributed by atoms with van der Waals surface area (Å²) in [5.41, 5.74) is 1.48. The monoisotopic (exact) mass is 192 g/mol. The molecular formula is C13H20O. The molecule has 0 aliphatic heterocycles. The molecule has 0 bridgehead atoms. The third-order valence-corrected chi connectivity index (χ3v) is 3.75. The SMILES string of the molecule is CCCCCC1=CC(=O)[C@@H]2CCC[C@H]12. The summed E-state index contributed by atoms with van der Waals surface area (Å²) in [7, 11) is 0. The summed E-state index contributed by atoms with van der Waals surface area (Å²) in [5, 5.41) is 0. The van der Waals surface area contributed by atoms with E-state index in [1.165, 1.54) is 44.1 Å². The van der Waals surface area contributed by atoms with Crippen LogP contribution in [0.1, 0.15) is 51.9 Å². The molecule has 0 aromatic rings. The molecule has 0 aromatic carbocycles. The van der Waals surface area contributed by atoms with Crippen molar-refractivity contribution in [3.05, 3.63) is 11.6 Å². The number of carbonyl (C=O) groups is 1. The van der Waals surface area contributed by atoms with Crippen LogP contribution in [0.15, 0.2) is 11.6 Å². The predicted molar refractivity (Wildman–Crippen MR) is 58.1 cm³/mol. The first-order valence-electron chi connectivity index (χ1n) is 6.07. The standard InChI is InChI=1S/C13H20O/c1-2-3-4-6-10-9-13(14)12-8-5-7-11(10)12/h9,11-12H,2-8H2,1H3/t11-,12-/m1/s1. The van der Waals surface area contributed by atoms with Gasteiger partial charge in [-0.15, -0.1) is 0 Å². The highest BCUT2D eigenvalue weighted by molar-refractivity contribution is 5.96. The highest BCUT2D eigenvalue weighted by Gasteiger charge is 2.38. The zero-order valence-electron chi connectivity index (χ0n) is 9.09. The zero-order chi connectivity index (χ0) is 9.97. The number of rotatable bonds is 4. The maximum Gasteiger partial charge on any atom is 0.159 e. The molecule has 1 nitrogen and oxygen atoms in total. The van der Waals surface area contributed by atoms with Crippen molar-refractivity contribution in [3.63, 3.8) is 0 Å². The van der Waals surface area contributed by atoms with Crippen molar-refractivity contribution in [2.24, 2.45) is 11.8 Å². The lowest BCUT2D eigenvalue weighted by atomic mass is 9.91. The Morgan fingerprint density at radius 1 is 1.29 bits per heavy atom. The normalized spacial score (nSPS) is 30.6. The van der Waals surface area contributed by atoms with Crippen molar-refractivity contribution in [2.75, 3.05) is 0 Å². The molecule has 0 saturated heterocycles. The van der Waals surface area contributed by atoms with Crippen LogP contribution < -0.4 is 0 Å². The molecule has 1 fully saturated rings. The maximum atomic E-state index is 11.6. The van der Waals surface area contributed by atoms with Crippen LogP contribution in [0, 0.1) is 11.8 Å². The second-order valence-corrected chi connectivity index (χ2v) is 4.72. The van der Waals surface area contributed by atoms with Crippen molar-refractivity contribution in [3.8, 4) is 0 Å². The van der Waals surface area contributed by atoms with Crippen molar-refractivity contribution in [2.45, 2.75) is 51.9 Å². The van der Waals surface area contributed by atoms with Gasteiger partial charge in [0, 0.05) is 5.92 Å². The minimum Gasteiger partial charge on any atom is -0.295 e. The van der Waals surface area contributed by atoms with Gasteiger partial charge in [0.1, 0.15) is 0 Å². The number of carbonyl (C=O) groups excluding carboxylic acids is 1. The van der Waals surface area contributed by atoms with Crippen LogP contribution in [0.4, 0.5) is 0 Å². The lowest BCUT2D eigenvalue weighted by molar-refractivity contribution is -0.117. The number of unbranched alkanes of at least 4 members (excludes halogenated alkanes) is 2. The van der Waals surface area contributed by atoms with Gasteiger partial charge in [0.05, 0.1) is 0 Å². The van der Waals surface area contributed by atoms with Crippen molar-refractivity contribution in [1.29, 1.82) is 0 Å². The first-order chi connectivity index (χ1) is 6.83. The van der Waals surface area contributed by atoms with Crippen LogP contribution in [0.5, 0.6) is 0 Å². The summed E-state index contributed by atoms with van der Waals surface area (Å²) in [5.74, 6) is 1.48. The van der Waals surface area contributed by atoms with E-state index in [1.54, 1.807) is 0 Å². The molecule has 0 aromatic heterocycles. The Kier molecular flexibility index (Phi) is 3.05. The summed E-state index contributed by atoms with van der Waals surface area (Å²) in [4.78, 5) is 11.6. The van der Waals surface area contributed by atoms with E-state index in [-0.39, 0.29) is 0 Å². The fourth-order valence-electron chi connectivity index (χ4n) is 2.98. The molecule has 2 rings (SSSR count). The number of hydrogen-bond donors (Lipinski definition) is 0. The molecule has 0 amide bonds. The van der Waals surface area contributed by atoms with E-state index in [1.807, 2.05) is 6.08 Å². The number of allylic oxidation sites excluding steroid dienone is 2. The molecule has 0 heterocycles. The van der Waals surface area contributed by atoms with Gasteiger partial charge in [-0.2, -0.15) is 0 Å². The average molecular weight is 192 g/mol. The fraction of sp³-hybridized carbons (Fsp3) is 0.769. The average Bonchev–Trinajstić information content (AvgIpc) is 2.72. The number of ketones is 1. The molecule has 0 spiro atoms. The van der Waals surface area contributed by atoms with Gasteiger partial charge in [-0.3, -0.25) is 4.79 Å². The fourth-order valence-corrected chi connectivity index (χ4v) is 2.98. The van der Waals surface area contributed by atoms with E-state index < -0.39 is 0 Å². The number of hydrogen-bond acceptors (Lipinski definition) is 1. The van der Waals surface area contributed by atoms with Gasteiger partial charge in [0.15, 0.2) is 5.78 Å². The topological polar surface area (TPSA) is 17.1 Å². The van der Waals surface area contributed by atoms with E-state index in [0.29, 0.717) is 17.6 Å². The van der Waals surface area contributed by atoms with Crippen molar-refractivity contribution >= 4 is 5.78 Å². The summed E-state index contributed by atoms with van der Waals surface area (Å²) in [6.07, 6.45) is 10.7. The summed E-state index contributed by atoms with van der Waals surface area (Å²) in [6, 6.07) is 0. The van der Waals surface area contributed by atoms with Gasteiger partial charge < -0.3 is 0 Å². The highest BCUT2D eigenvalue weighted by Crippen LogP contribution is 2.43. The quantitative estimate of drug-likeness (QED) is 0.623. The third kappa shape index (κ3) is 1.77. The van der Waals surface area contributed by atoms with Gasteiger partial charge in [-0.1, -0.05) is 31.8 Å². The van der Waals surface area contributed by atoms with Gasteiger partial charge in [0.2, 0.25) is 0 Å². The van der Waals surface area contributed by atoms with Crippen LogP contribution in [0.25, 0.3) is 0 Å². The van der Waals surface area contributed by atoms with Crippen LogP contribution in [0.3, 0.4) is 0 Å². The molecule has 0 N–H and O–H groups in total. The van der Waals surface area contributed by atoms with Crippen molar-refractivity contribution < 1.29 is 4.79 Å². The molecule has 0 unspecified atom stereocenters. The highest BCUT2D eigenvalue weighted by atomic mass is 16.1. The van der Waals surface area contributed by atoms with E-state index in [0.717, 1.165) is 6.42 Å². The Morgan fingerprint density at radius 2 is 2.07 bits per heavy atom. The van der Waals surface area contributed by atoms with E-state index in [9.17, 15) is 4.79 Å². The van der Waals surface area contributed by atoms with E-state index >= 15 is 0 Å². The maximum absolute atomic E-state index is 11.6. The van der Waals surface area contributed by atoms with Gasteiger partial charge >= 0.3 is 0 Å². The summed E-state index contributed by atoms with van der Waals surface area (Å²) in [6.45, 7) is 2.23. The first kappa shape index (κ1) is 9.95. The van der Waals surface area contributed by atoms with Crippen LogP contribution in [-0.2, 0) is 4.79 Å². The Morgan fingerprint density at radius 3 is 2.86 bits per heavy atom. The lowest BCUT2D eigenvalue weighted by Crippen LogP contribution is -2.10. The third-order valence-electron chi connectivity index (χ3n) is 3.75. The largest absolute Gasteiger partial charge is 0.295 e.